The highest BCUT2D eigenvalue weighted by molar-refractivity contribution is 7.46. The van der Waals surface area contributed by atoms with Gasteiger partial charge < -0.3 is 13.8 Å². The van der Waals surface area contributed by atoms with Crippen LogP contribution in [0.3, 0.4) is 0 Å². The number of hydrogen-bond acceptors (Lipinski definition) is 5. The Labute approximate surface area is 131 Å². The second kappa shape index (κ2) is 8.18. The van der Waals surface area contributed by atoms with Crippen molar-refractivity contribution < 1.29 is 18.6 Å². The summed E-state index contributed by atoms with van der Waals surface area (Å²) >= 11 is 0. The molecule has 22 heavy (non-hydrogen) atoms. The van der Waals surface area contributed by atoms with E-state index in [9.17, 15) is 4.79 Å². The Morgan fingerprint density at radius 1 is 1.14 bits per heavy atom. The molecule has 2 rings (SSSR count). The molecule has 1 heterocycles. The lowest BCUT2D eigenvalue weighted by molar-refractivity contribution is 0.0601. The predicted octanol–water partition coefficient (Wildman–Crippen LogP) is 3.91. The molecule has 0 fully saturated rings. The Morgan fingerprint density at radius 3 is 2.50 bits per heavy atom. The molecule has 0 radical (unpaired) electrons. The number of rotatable bonds is 7. The lowest BCUT2D eigenvalue weighted by atomic mass is 10.1. The molecule has 5 nitrogen and oxygen atoms in total. The first-order valence-corrected chi connectivity index (χ1v) is 8.54. The number of methoxy groups -OCH3 is 1. The van der Waals surface area contributed by atoms with Crippen LogP contribution in [0.15, 0.2) is 30.5 Å². The van der Waals surface area contributed by atoms with Gasteiger partial charge in [0.2, 0.25) is 0 Å². The number of aromatic nitrogens is 1. The van der Waals surface area contributed by atoms with Crippen LogP contribution in [-0.2, 0) is 19.9 Å². The zero-order valence-electron chi connectivity index (χ0n) is 13.0. The topological polar surface area (TPSA) is 57.7 Å². The van der Waals surface area contributed by atoms with Crippen LogP contribution in [0.4, 0.5) is 0 Å². The number of pyridine rings is 1. The second-order valence-electron chi connectivity index (χ2n) is 4.56. The average molecular weight is 321 g/mol. The van der Waals surface area contributed by atoms with Crippen LogP contribution in [0, 0.1) is 0 Å². The van der Waals surface area contributed by atoms with Crippen LogP contribution >= 0.6 is 8.38 Å². The summed E-state index contributed by atoms with van der Waals surface area (Å²) in [5.41, 5.74) is 1.42. The van der Waals surface area contributed by atoms with Crippen molar-refractivity contribution in [3.63, 3.8) is 0 Å². The van der Waals surface area contributed by atoms with E-state index in [1.807, 2.05) is 32.0 Å². The molecule has 1 aromatic carbocycles. The number of carbonyl (C=O) groups excluding carboxylic acids is 1. The van der Waals surface area contributed by atoms with Gasteiger partial charge >= 0.3 is 5.97 Å². The van der Waals surface area contributed by atoms with Gasteiger partial charge in [-0.15, -0.1) is 0 Å². The molecule has 0 bridgehead atoms. The molecule has 0 spiro atoms. The average Bonchev–Trinajstić information content (AvgIpc) is 2.54. The standard InChI is InChI=1S/C16H20NO4P/c1-4-20-22(21-5-2)11-15-9-14-8-12(16(18)19-3)6-7-13(14)10-17-15/h6-10H,4-5,11H2,1-3H3. The van der Waals surface area contributed by atoms with Crippen LogP contribution in [0.1, 0.15) is 29.9 Å². The van der Waals surface area contributed by atoms with Gasteiger partial charge in [0.25, 0.3) is 0 Å². The predicted molar refractivity (Wildman–Crippen MR) is 87.0 cm³/mol. The van der Waals surface area contributed by atoms with Gasteiger partial charge in [-0.05, 0) is 37.4 Å². The second-order valence-corrected chi connectivity index (χ2v) is 6.05. The third kappa shape index (κ3) is 4.23. The number of nitrogens with zero attached hydrogens (tertiary/aromatic N) is 1. The quantitative estimate of drug-likeness (QED) is 0.572. The summed E-state index contributed by atoms with van der Waals surface area (Å²) in [6.07, 6.45) is 2.44. The van der Waals surface area contributed by atoms with Crippen molar-refractivity contribution in [2.45, 2.75) is 20.0 Å². The molecule has 118 valence electrons. The van der Waals surface area contributed by atoms with Gasteiger partial charge in [-0.25, -0.2) is 4.79 Å². The van der Waals surface area contributed by atoms with Crippen molar-refractivity contribution in [1.29, 1.82) is 0 Å². The van der Waals surface area contributed by atoms with Gasteiger partial charge in [-0.1, -0.05) is 6.07 Å². The third-order valence-electron chi connectivity index (χ3n) is 3.04. The van der Waals surface area contributed by atoms with E-state index in [0.717, 1.165) is 16.5 Å². The maximum absolute atomic E-state index is 11.6. The summed E-state index contributed by atoms with van der Waals surface area (Å²) in [5, 5.41) is 1.93. The van der Waals surface area contributed by atoms with Crippen molar-refractivity contribution >= 4 is 25.1 Å². The molecule has 0 aliphatic carbocycles. The van der Waals surface area contributed by atoms with E-state index in [4.69, 9.17) is 13.8 Å². The molecule has 0 saturated heterocycles. The monoisotopic (exact) mass is 321 g/mol. The van der Waals surface area contributed by atoms with Gasteiger partial charge in [-0.3, -0.25) is 4.98 Å². The van der Waals surface area contributed by atoms with E-state index in [-0.39, 0.29) is 5.97 Å². The van der Waals surface area contributed by atoms with Crippen molar-refractivity contribution in [2.75, 3.05) is 20.3 Å². The van der Waals surface area contributed by atoms with Crippen molar-refractivity contribution in [3.05, 3.63) is 41.7 Å². The Balaban J connectivity index is 2.25. The van der Waals surface area contributed by atoms with E-state index in [1.165, 1.54) is 7.11 Å². The van der Waals surface area contributed by atoms with Crippen LogP contribution in [-0.4, -0.2) is 31.3 Å². The number of carbonyl (C=O) groups is 1. The Bertz CT molecular complexity index is 641. The molecule has 0 unspecified atom stereocenters. The Kier molecular flexibility index (Phi) is 6.25. The van der Waals surface area contributed by atoms with Gasteiger partial charge in [0.05, 0.1) is 32.0 Å². The molecule has 1 aromatic heterocycles. The van der Waals surface area contributed by atoms with Crippen molar-refractivity contribution in [1.82, 2.24) is 4.98 Å². The van der Waals surface area contributed by atoms with E-state index in [1.54, 1.807) is 12.3 Å². The molecular formula is C16H20NO4P. The molecular weight excluding hydrogens is 301 g/mol. The minimum Gasteiger partial charge on any atom is -0.465 e. The number of fused-ring (bicyclic) bond motifs is 1. The fourth-order valence-electron chi connectivity index (χ4n) is 2.07. The smallest absolute Gasteiger partial charge is 0.337 e. The lowest BCUT2D eigenvalue weighted by Gasteiger charge is -2.15. The van der Waals surface area contributed by atoms with Gasteiger partial charge in [0, 0.05) is 17.3 Å². The first-order chi connectivity index (χ1) is 10.7. The van der Waals surface area contributed by atoms with Gasteiger partial charge in [0.1, 0.15) is 0 Å². The first-order valence-electron chi connectivity index (χ1n) is 7.18. The minimum absolute atomic E-state index is 0.342. The van der Waals surface area contributed by atoms with Crippen molar-refractivity contribution in [2.24, 2.45) is 0 Å². The Morgan fingerprint density at radius 2 is 1.86 bits per heavy atom. The number of ether oxygens (including phenoxy) is 1. The highest BCUT2D eigenvalue weighted by atomic mass is 31.2. The highest BCUT2D eigenvalue weighted by Gasteiger charge is 2.12. The number of esters is 1. The van der Waals surface area contributed by atoms with E-state index in [2.05, 4.69) is 4.98 Å². The summed E-state index contributed by atoms with van der Waals surface area (Å²) in [4.78, 5) is 16.1. The summed E-state index contributed by atoms with van der Waals surface area (Å²) in [5.74, 6) is -0.342. The van der Waals surface area contributed by atoms with Crippen LogP contribution in [0.2, 0.25) is 0 Å². The summed E-state index contributed by atoms with van der Waals surface area (Å²) in [6, 6.07) is 7.39. The van der Waals surface area contributed by atoms with Crippen LogP contribution in [0.5, 0.6) is 0 Å². The number of benzene rings is 1. The molecule has 0 saturated carbocycles. The van der Waals surface area contributed by atoms with Crippen LogP contribution in [0.25, 0.3) is 10.8 Å². The fourth-order valence-corrected chi connectivity index (χ4v) is 3.34. The normalized spacial score (nSPS) is 11.1. The van der Waals surface area contributed by atoms with Gasteiger partial charge in [-0.2, -0.15) is 0 Å². The van der Waals surface area contributed by atoms with Gasteiger partial charge in [0.15, 0.2) is 8.38 Å². The minimum atomic E-state index is -0.970. The van der Waals surface area contributed by atoms with E-state index < -0.39 is 8.38 Å². The van der Waals surface area contributed by atoms with E-state index >= 15 is 0 Å². The largest absolute Gasteiger partial charge is 0.465 e. The summed E-state index contributed by atoms with van der Waals surface area (Å²) < 4.78 is 16.0. The zero-order valence-corrected chi connectivity index (χ0v) is 13.9. The highest BCUT2D eigenvalue weighted by Crippen LogP contribution is 2.41. The fraction of sp³-hybridized carbons (Fsp3) is 0.375. The molecule has 0 atom stereocenters. The molecule has 0 amide bonds. The zero-order chi connectivity index (χ0) is 15.9. The SMILES string of the molecule is CCOP(Cc1cc2cc(C(=O)OC)ccc2cn1)OCC. The molecule has 2 aromatic rings. The molecule has 0 aliphatic heterocycles. The van der Waals surface area contributed by atoms with Crippen molar-refractivity contribution in [3.8, 4) is 0 Å². The number of hydrogen-bond donors (Lipinski definition) is 0. The molecule has 0 N–H and O–H groups in total. The molecule has 0 aliphatic rings. The maximum atomic E-state index is 11.6. The summed E-state index contributed by atoms with van der Waals surface area (Å²) in [6.45, 7) is 5.13. The van der Waals surface area contributed by atoms with Crippen LogP contribution < -0.4 is 0 Å². The Hall–Kier alpha value is -1.55. The third-order valence-corrected chi connectivity index (χ3v) is 4.71. The summed E-state index contributed by atoms with van der Waals surface area (Å²) in [7, 11) is 0.407. The van der Waals surface area contributed by atoms with E-state index in [0.29, 0.717) is 24.9 Å². The first kappa shape index (κ1) is 16.8. The molecule has 6 heteroatoms. The lowest BCUT2D eigenvalue weighted by Crippen LogP contribution is -2.01. The maximum Gasteiger partial charge on any atom is 0.337 e.